The zero-order valence-electron chi connectivity index (χ0n) is 16.1. The van der Waals surface area contributed by atoms with Gasteiger partial charge in [-0.3, -0.25) is 4.99 Å². The lowest BCUT2D eigenvalue weighted by atomic mass is 10.1. The zero-order chi connectivity index (χ0) is 17.4. The van der Waals surface area contributed by atoms with Gasteiger partial charge in [0.1, 0.15) is 0 Å². The Labute approximate surface area is 148 Å². The molecule has 1 N–H and O–H groups in total. The van der Waals surface area contributed by atoms with Crippen LogP contribution in [-0.2, 0) is 4.74 Å². The third-order valence-corrected chi connectivity index (χ3v) is 5.22. The molecule has 0 radical (unpaired) electrons. The first-order valence-electron chi connectivity index (χ1n) is 9.56. The van der Waals surface area contributed by atoms with Crippen molar-refractivity contribution in [2.45, 2.75) is 20.3 Å². The van der Waals surface area contributed by atoms with E-state index in [1.54, 1.807) is 0 Å². The average Bonchev–Trinajstić information content (AvgIpc) is 3.09. The Morgan fingerprint density at radius 1 is 1.29 bits per heavy atom. The topological polar surface area (TPSA) is 43.3 Å². The molecule has 6 nitrogen and oxygen atoms in total. The second-order valence-electron chi connectivity index (χ2n) is 7.38. The maximum Gasteiger partial charge on any atom is 0.193 e. The number of hydrogen-bond donors (Lipinski definition) is 1. The largest absolute Gasteiger partial charge is 0.381 e. The summed E-state index contributed by atoms with van der Waals surface area (Å²) < 4.78 is 5.47. The maximum absolute atomic E-state index is 5.47. The summed E-state index contributed by atoms with van der Waals surface area (Å²) in [6.45, 7) is 15.6. The number of aliphatic imine (C=N–C) groups is 1. The molecule has 0 aromatic heterocycles. The quantitative estimate of drug-likeness (QED) is 0.549. The fourth-order valence-corrected chi connectivity index (χ4v) is 3.64. The van der Waals surface area contributed by atoms with Crippen molar-refractivity contribution in [2.24, 2.45) is 16.8 Å². The fourth-order valence-electron chi connectivity index (χ4n) is 3.64. The van der Waals surface area contributed by atoms with Crippen molar-refractivity contribution in [1.82, 2.24) is 20.0 Å². The number of guanidine groups is 1. The first-order chi connectivity index (χ1) is 11.6. The van der Waals surface area contributed by atoms with Crippen molar-refractivity contribution in [3.05, 3.63) is 0 Å². The van der Waals surface area contributed by atoms with E-state index in [0.29, 0.717) is 11.8 Å². The standard InChI is InChI=1S/C18H37N5O/c1-5-22-7-9-23(10-8-22)13-16(2)12-20-18(19-3)21(4)14-17-6-11-24-15-17/h16-17H,5-15H2,1-4H3,(H,19,20). The molecule has 0 aliphatic carbocycles. The maximum atomic E-state index is 5.47. The second kappa shape index (κ2) is 10.2. The van der Waals surface area contributed by atoms with E-state index >= 15 is 0 Å². The molecule has 2 atom stereocenters. The van der Waals surface area contributed by atoms with Gasteiger partial charge >= 0.3 is 0 Å². The number of nitrogens with zero attached hydrogens (tertiary/aromatic N) is 4. The molecule has 2 rings (SSSR count). The van der Waals surface area contributed by atoms with Gasteiger partial charge < -0.3 is 24.8 Å². The van der Waals surface area contributed by atoms with Gasteiger partial charge in [0.2, 0.25) is 0 Å². The van der Waals surface area contributed by atoms with Gasteiger partial charge in [-0.2, -0.15) is 0 Å². The Morgan fingerprint density at radius 3 is 2.58 bits per heavy atom. The van der Waals surface area contributed by atoms with E-state index in [-0.39, 0.29) is 0 Å². The van der Waals surface area contributed by atoms with Crippen molar-refractivity contribution in [2.75, 3.05) is 79.7 Å². The molecule has 0 aromatic rings. The lowest BCUT2D eigenvalue weighted by Crippen LogP contribution is -2.49. The van der Waals surface area contributed by atoms with Crippen molar-refractivity contribution in [3.63, 3.8) is 0 Å². The van der Waals surface area contributed by atoms with Gasteiger partial charge in [0.05, 0.1) is 6.61 Å². The summed E-state index contributed by atoms with van der Waals surface area (Å²) >= 11 is 0. The first-order valence-corrected chi connectivity index (χ1v) is 9.56. The fraction of sp³-hybridized carbons (Fsp3) is 0.944. The summed E-state index contributed by atoms with van der Waals surface area (Å²) in [6, 6.07) is 0. The number of hydrogen-bond acceptors (Lipinski definition) is 4. The molecule has 0 amide bonds. The Morgan fingerprint density at radius 2 is 2.00 bits per heavy atom. The summed E-state index contributed by atoms with van der Waals surface area (Å²) in [5.74, 6) is 2.27. The molecule has 0 saturated carbocycles. The van der Waals surface area contributed by atoms with Gasteiger partial charge in [-0.05, 0) is 18.9 Å². The molecule has 140 valence electrons. The normalized spacial score (nSPS) is 25.0. The minimum atomic E-state index is 0.623. The molecule has 24 heavy (non-hydrogen) atoms. The van der Waals surface area contributed by atoms with Crippen LogP contribution in [0.1, 0.15) is 20.3 Å². The second-order valence-corrected chi connectivity index (χ2v) is 7.38. The molecule has 2 aliphatic heterocycles. The molecule has 0 aromatic carbocycles. The minimum absolute atomic E-state index is 0.623. The highest BCUT2D eigenvalue weighted by Gasteiger charge is 2.20. The van der Waals surface area contributed by atoms with Gasteiger partial charge in [0.15, 0.2) is 5.96 Å². The summed E-state index contributed by atoms with van der Waals surface area (Å²) in [5.41, 5.74) is 0. The van der Waals surface area contributed by atoms with Gasteiger partial charge in [-0.25, -0.2) is 0 Å². The van der Waals surface area contributed by atoms with E-state index < -0.39 is 0 Å². The van der Waals surface area contributed by atoms with Crippen molar-refractivity contribution in [3.8, 4) is 0 Å². The van der Waals surface area contributed by atoms with E-state index in [9.17, 15) is 0 Å². The molecule has 2 saturated heterocycles. The summed E-state index contributed by atoms with van der Waals surface area (Å²) in [5, 5.41) is 3.55. The number of nitrogens with one attached hydrogen (secondary N) is 1. The first kappa shape index (κ1) is 19.5. The third-order valence-electron chi connectivity index (χ3n) is 5.22. The lowest BCUT2D eigenvalue weighted by Gasteiger charge is -2.35. The smallest absolute Gasteiger partial charge is 0.193 e. The lowest BCUT2D eigenvalue weighted by molar-refractivity contribution is 0.124. The van der Waals surface area contributed by atoms with Crippen LogP contribution < -0.4 is 5.32 Å². The Balaban J connectivity index is 1.66. The predicted molar refractivity (Wildman–Crippen MR) is 101 cm³/mol. The van der Waals surface area contributed by atoms with E-state index in [1.165, 1.54) is 45.7 Å². The predicted octanol–water partition coefficient (Wildman–Crippen LogP) is 0.804. The number of rotatable bonds is 7. The van der Waals surface area contributed by atoms with E-state index in [2.05, 4.69) is 45.9 Å². The van der Waals surface area contributed by atoms with Gasteiger partial charge in [-0.15, -0.1) is 0 Å². The van der Waals surface area contributed by atoms with Crippen LogP contribution in [0.15, 0.2) is 4.99 Å². The third kappa shape index (κ3) is 6.22. The van der Waals surface area contributed by atoms with Crippen molar-refractivity contribution < 1.29 is 4.74 Å². The molecular formula is C18H37N5O. The van der Waals surface area contributed by atoms with E-state index in [0.717, 1.165) is 32.3 Å². The molecule has 2 fully saturated rings. The van der Waals surface area contributed by atoms with Crippen LogP contribution in [0.2, 0.25) is 0 Å². The summed E-state index contributed by atoms with van der Waals surface area (Å²) in [7, 11) is 4.00. The van der Waals surface area contributed by atoms with Gasteiger partial charge in [0, 0.05) is 72.4 Å². The highest BCUT2D eigenvalue weighted by molar-refractivity contribution is 5.79. The monoisotopic (exact) mass is 339 g/mol. The Kier molecular flexibility index (Phi) is 8.29. The van der Waals surface area contributed by atoms with Crippen LogP contribution in [0.3, 0.4) is 0 Å². The molecule has 2 unspecified atom stereocenters. The van der Waals surface area contributed by atoms with Gasteiger partial charge in [0.25, 0.3) is 0 Å². The molecule has 2 aliphatic rings. The SMILES string of the molecule is CCN1CCN(CC(C)CNC(=NC)N(C)CC2CCOC2)CC1. The molecule has 0 spiro atoms. The highest BCUT2D eigenvalue weighted by atomic mass is 16.5. The van der Waals surface area contributed by atoms with Crippen LogP contribution in [-0.4, -0.2) is 100 Å². The molecular weight excluding hydrogens is 302 g/mol. The minimum Gasteiger partial charge on any atom is -0.381 e. The van der Waals surface area contributed by atoms with E-state index in [1.807, 2.05) is 7.05 Å². The van der Waals surface area contributed by atoms with Crippen LogP contribution in [0.5, 0.6) is 0 Å². The average molecular weight is 340 g/mol. The molecule has 2 heterocycles. The Bertz CT molecular complexity index is 376. The van der Waals surface area contributed by atoms with Crippen molar-refractivity contribution in [1.29, 1.82) is 0 Å². The van der Waals surface area contributed by atoms with E-state index in [4.69, 9.17) is 4.74 Å². The molecule has 0 bridgehead atoms. The number of ether oxygens (including phenoxy) is 1. The van der Waals surface area contributed by atoms with Crippen LogP contribution >= 0.6 is 0 Å². The van der Waals surface area contributed by atoms with Crippen molar-refractivity contribution >= 4 is 5.96 Å². The Hall–Kier alpha value is -0.850. The van der Waals surface area contributed by atoms with Crippen LogP contribution in [0.25, 0.3) is 0 Å². The molecule has 6 heteroatoms. The van der Waals surface area contributed by atoms with Crippen LogP contribution in [0, 0.1) is 11.8 Å². The summed E-state index contributed by atoms with van der Waals surface area (Å²) in [4.78, 5) is 11.8. The highest BCUT2D eigenvalue weighted by Crippen LogP contribution is 2.13. The summed E-state index contributed by atoms with van der Waals surface area (Å²) in [6.07, 6.45) is 1.17. The van der Waals surface area contributed by atoms with Gasteiger partial charge in [-0.1, -0.05) is 13.8 Å². The number of piperazine rings is 1. The zero-order valence-corrected chi connectivity index (χ0v) is 16.1. The van der Waals surface area contributed by atoms with Crippen LogP contribution in [0.4, 0.5) is 0 Å². The number of likely N-dealkylation sites (N-methyl/N-ethyl adjacent to an activating group) is 1.